The zero-order valence-corrected chi connectivity index (χ0v) is 8.72. The van der Waals surface area contributed by atoms with Gasteiger partial charge < -0.3 is 15.2 Å². The fourth-order valence-electron chi connectivity index (χ4n) is 0.978. The van der Waals surface area contributed by atoms with Crippen LogP contribution in [0.1, 0.15) is 5.82 Å². The van der Waals surface area contributed by atoms with Gasteiger partial charge in [0.15, 0.2) is 5.82 Å². The van der Waals surface area contributed by atoms with E-state index in [1.807, 2.05) is 0 Å². The van der Waals surface area contributed by atoms with Gasteiger partial charge in [-0.3, -0.25) is 0 Å². The average molecular weight is 205 g/mol. The molecule has 0 radical (unpaired) electrons. The molecule has 1 atom stereocenters. The first kappa shape index (κ1) is 12.0. The number of rotatable bonds is 3. The molecule has 1 N–H and O–H groups in total. The topological polar surface area (TPSA) is 81.2 Å². The van der Waals surface area contributed by atoms with Crippen LogP contribution < -0.4 is 0 Å². The van der Waals surface area contributed by atoms with Crippen LogP contribution in [0.5, 0.6) is 0 Å². The Labute approximate surface area is 78.4 Å². The lowest BCUT2D eigenvalue weighted by atomic mass is 10.6. The predicted octanol–water partition coefficient (Wildman–Crippen LogP) is 0.150. The van der Waals surface area contributed by atoms with Gasteiger partial charge in [-0.25, -0.2) is 9.55 Å². The van der Waals surface area contributed by atoms with E-state index in [9.17, 15) is 10.1 Å². The van der Waals surface area contributed by atoms with Crippen LogP contribution in [0.2, 0.25) is 0 Å². The number of aromatic nitrogens is 2. The average Bonchev–Trinajstić information content (AvgIpc) is 2.34. The summed E-state index contributed by atoms with van der Waals surface area (Å²) in [5.74, 6) is 0.456. The second-order valence-corrected chi connectivity index (χ2v) is 2.30. The summed E-state index contributed by atoms with van der Waals surface area (Å²) in [6, 6.07) is 0. The molecule has 74 valence electrons. The van der Waals surface area contributed by atoms with Crippen LogP contribution in [-0.4, -0.2) is 26.2 Å². The molecule has 0 aliphatic carbocycles. The van der Waals surface area contributed by atoms with Crippen molar-refractivity contribution in [2.24, 2.45) is 0 Å². The molecule has 0 aliphatic heterocycles. The highest BCUT2D eigenvalue weighted by atomic mass is 31.0. The largest absolute Gasteiger partial charge is 0.392 e. The van der Waals surface area contributed by atoms with Crippen molar-refractivity contribution in [1.82, 2.24) is 9.55 Å². The molecule has 1 rings (SSSR count). The maximum absolute atomic E-state index is 10.4. The lowest BCUT2D eigenvalue weighted by Crippen LogP contribution is -2.07. The molecule has 1 unspecified atom stereocenters. The van der Waals surface area contributed by atoms with E-state index in [4.69, 9.17) is 5.11 Å². The summed E-state index contributed by atoms with van der Waals surface area (Å²) >= 11 is 0. The number of nitro groups is 1. The van der Waals surface area contributed by atoms with Gasteiger partial charge >= 0.3 is 5.82 Å². The fraction of sp³-hybridized carbons (Fsp3) is 0.500. The van der Waals surface area contributed by atoms with Crippen LogP contribution in [0, 0.1) is 17.0 Å². The minimum absolute atomic E-state index is 0. The van der Waals surface area contributed by atoms with E-state index >= 15 is 0 Å². The number of aliphatic hydroxyl groups is 1. The second kappa shape index (κ2) is 4.89. The summed E-state index contributed by atoms with van der Waals surface area (Å²) in [7, 11) is 0. The molecule has 1 heterocycles. The third-order valence-corrected chi connectivity index (χ3v) is 1.54. The molecule has 0 saturated carbocycles. The van der Waals surface area contributed by atoms with E-state index in [0.717, 1.165) is 0 Å². The molecule has 1 aromatic rings. The molecule has 13 heavy (non-hydrogen) atoms. The van der Waals surface area contributed by atoms with Crippen molar-refractivity contribution in [3.8, 4) is 0 Å². The molecule has 0 fully saturated rings. The van der Waals surface area contributed by atoms with Gasteiger partial charge in [0.05, 0.1) is 6.61 Å². The van der Waals surface area contributed by atoms with E-state index in [0.29, 0.717) is 5.82 Å². The van der Waals surface area contributed by atoms with Crippen LogP contribution >= 0.6 is 9.90 Å². The number of hydrogen-bond donors (Lipinski definition) is 1. The van der Waals surface area contributed by atoms with E-state index in [1.54, 1.807) is 6.92 Å². The van der Waals surface area contributed by atoms with Gasteiger partial charge in [0.25, 0.3) is 0 Å². The Hall–Kier alpha value is -1.00. The summed E-state index contributed by atoms with van der Waals surface area (Å²) in [6.07, 6.45) is 1.19. The molecular weight excluding hydrogens is 193 g/mol. The quantitative estimate of drug-likeness (QED) is 0.432. The number of imidazole rings is 1. The molecule has 0 aliphatic rings. The van der Waals surface area contributed by atoms with Gasteiger partial charge in [-0.05, 0) is 4.92 Å². The molecule has 0 amide bonds. The minimum atomic E-state index is -0.518. The zero-order chi connectivity index (χ0) is 9.14. The molecular formula is C6H12N3O3P. The Balaban J connectivity index is 0.00000144. The lowest BCUT2D eigenvalue weighted by Gasteiger charge is -1.98. The van der Waals surface area contributed by atoms with Crippen LogP contribution in [0.4, 0.5) is 5.82 Å². The van der Waals surface area contributed by atoms with Crippen molar-refractivity contribution < 1.29 is 10.0 Å². The summed E-state index contributed by atoms with van der Waals surface area (Å²) in [6.45, 7) is 1.74. The first-order chi connectivity index (χ1) is 5.66. The smallest absolute Gasteiger partial charge is 0.342 e. The van der Waals surface area contributed by atoms with Crippen molar-refractivity contribution in [3.63, 3.8) is 0 Å². The van der Waals surface area contributed by atoms with E-state index in [-0.39, 0.29) is 28.9 Å². The van der Waals surface area contributed by atoms with Gasteiger partial charge in [0.2, 0.25) is 0 Å². The number of aryl methyl sites for hydroxylation is 1. The third kappa shape index (κ3) is 2.47. The van der Waals surface area contributed by atoms with Gasteiger partial charge in [0.1, 0.15) is 12.7 Å². The maximum atomic E-state index is 10.4. The molecule has 6 nitrogen and oxygen atoms in total. The lowest BCUT2D eigenvalue weighted by molar-refractivity contribution is -0.392. The third-order valence-electron chi connectivity index (χ3n) is 1.54. The Bertz CT molecular complexity index is 299. The van der Waals surface area contributed by atoms with Crippen molar-refractivity contribution in [3.05, 3.63) is 22.1 Å². The highest BCUT2D eigenvalue weighted by molar-refractivity contribution is 6.92. The molecule has 0 spiro atoms. The molecule has 1 aromatic heterocycles. The first-order valence-corrected chi connectivity index (χ1v) is 3.44. The maximum Gasteiger partial charge on any atom is 0.342 e. The second-order valence-electron chi connectivity index (χ2n) is 2.30. The van der Waals surface area contributed by atoms with Gasteiger partial charge in [-0.15, -0.1) is 0 Å². The SMILES string of the molecule is Cc1ncc([N+](=O)[O-])n1CCO.P. The van der Waals surface area contributed by atoms with Crippen LogP contribution in [0.3, 0.4) is 0 Å². The molecule has 0 aromatic carbocycles. The predicted molar refractivity (Wildman–Crippen MR) is 51.8 cm³/mol. The van der Waals surface area contributed by atoms with Gasteiger partial charge in [-0.2, -0.15) is 9.90 Å². The van der Waals surface area contributed by atoms with Gasteiger partial charge in [0, 0.05) is 6.92 Å². The fourth-order valence-corrected chi connectivity index (χ4v) is 0.978. The molecule has 0 saturated heterocycles. The van der Waals surface area contributed by atoms with Crippen LogP contribution in [0.15, 0.2) is 6.20 Å². The Morgan fingerprint density at radius 2 is 2.38 bits per heavy atom. The van der Waals surface area contributed by atoms with Crippen molar-refractivity contribution in [2.45, 2.75) is 13.5 Å². The Morgan fingerprint density at radius 3 is 2.85 bits per heavy atom. The highest BCUT2D eigenvalue weighted by Gasteiger charge is 2.15. The highest BCUT2D eigenvalue weighted by Crippen LogP contribution is 2.12. The normalized spacial score (nSPS) is 9.38. The number of aliphatic hydroxyl groups excluding tert-OH is 1. The standard InChI is InChI=1S/C6H9N3O3.H3P/c1-5-7-4-6(9(11)12)8(5)2-3-10;/h4,10H,2-3H2,1H3;1H3. The summed E-state index contributed by atoms with van der Waals surface area (Å²) in [5.41, 5.74) is 0. The number of nitrogens with zero attached hydrogens (tertiary/aromatic N) is 3. The zero-order valence-electron chi connectivity index (χ0n) is 7.30. The van der Waals surface area contributed by atoms with E-state index < -0.39 is 4.92 Å². The minimum Gasteiger partial charge on any atom is -0.392 e. The van der Waals surface area contributed by atoms with Crippen LogP contribution in [0.25, 0.3) is 0 Å². The first-order valence-electron chi connectivity index (χ1n) is 3.44. The summed E-state index contributed by atoms with van der Waals surface area (Å²) < 4.78 is 1.36. The van der Waals surface area contributed by atoms with Crippen LogP contribution in [-0.2, 0) is 6.54 Å². The van der Waals surface area contributed by atoms with Crippen molar-refractivity contribution >= 4 is 15.7 Å². The number of hydrogen-bond acceptors (Lipinski definition) is 4. The summed E-state index contributed by atoms with van der Waals surface area (Å²) in [4.78, 5) is 13.6. The molecule has 0 bridgehead atoms. The Kier molecular flexibility index (Phi) is 4.51. The van der Waals surface area contributed by atoms with Gasteiger partial charge in [-0.1, -0.05) is 0 Å². The summed E-state index contributed by atoms with van der Waals surface area (Å²) in [5, 5.41) is 19.0. The van der Waals surface area contributed by atoms with Crippen molar-refractivity contribution in [2.75, 3.05) is 6.61 Å². The van der Waals surface area contributed by atoms with Crippen molar-refractivity contribution in [1.29, 1.82) is 0 Å². The molecule has 7 heteroatoms. The van der Waals surface area contributed by atoms with E-state index in [2.05, 4.69) is 4.98 Å². The van der Waals surface area contributed by atoms with E-state index in [1.165, 1.54) is 10.8 Å². The monoisotopic (exact) mass is 205 g/mol. The Morgan fingerprint density at radius 1 is 1.77 bits per heavy atom.